The highest BCUT2D eigenvalue weighted by atomic mass is 19.1. The number of halogens is 1. The number of amides is 1. The lowest BCUT2D eigenvalue weighted by atomic mass is 9.92. The highest BCUT2D eigenvalue weighted by molar-refractivity contribution is 5.87. The summed E-state index contributed by atoms with van der Waals surface area (Å²) in [7, 11) is 0. The lowest BCUT2D eigenvalue weighted by Gasteiger charge is -2.32. The number of carbonyl (C=O) groups excluding carboxylic acids is 2. The number of esters is 1. The summed E-state index contributed by atoms with van der Waals surface area (Å²) < 4.78 is 31.4. The predicted octanol–water partition coefficient (Wildman–Crippen LogP) is 4.96. The number of nitrogens with zero attached hydrogens (tertiary/aromatic N) is 4. The normalized spacial score (nSPS) is 14.7. The van der Waals surface area contributed by atoms with Gasteiger partial charge in [0.25, 0.3) is 0 Å². The van der Waals surface area contributed by atoms with Crippen molar-refractivity contribution in [3.05, 3.63) is 53.8 Å². The van der Waals surface area contributed by atoms with Crippen LogP contribution in [0.2, 0.25) is 0 Å². The average Bonchev–Trinajstić information content (AvgIpc) is 3.46. The maximum absolute atomic E-state index is 13.5. The fourth-order valence-electron chi connectivity index (χ4n) is 4.00. The Balaban J connectivity index is 1.64. The van der Waals surface area contributed by atoms with Crippen molar-refractivity contribution in [3.8, 4) is 16.9 Å². The van der Waals surface area contributed by atoms with Crippen molar-refractivity contribution < 1.29 is 28.0 Å². The number of hydrogen-bond donors (Lipinski definition) is 0. The summed E-state index contributed by atoms with van der Waals surface area (Å²) >= 11 is 0. The Morgan fingerprint density at radius 1 is 1.14 bits per heavy atom. The van der Waals surface area contributed by atoms with E-state index in [2.05, 4.69) is 10.3 Å². The van der Waals surface area contributed by atoms with Crippen LogP contribution in [0.4, 0.5) is 9.18 Å². The molecule has 1 fully saturated rings. The first-order valence-corrected chi connectivity index (χ1v) is 11.6. The summed E-state index contributed by atoms with van der Waals surface area (Å²) in [5, 5.41) is 8.68. The number of rotatable bonds is 5. The van der Waals surface area contributed by atoms with Crippen LogP contribution < -0.4 is 0 Å². The van der Waals surface area contributed by atoms with Gasteiger partial charge in [-0.15, -0.1) is 0 Å². The Bertz CT molecular complexity index is 1190. The zero-order valence-electron chi connectivity index (χ0n) is 20.3. The molecule has 1 saturated heterocycles. The zero-order chi connectivity index (χ0) is 25.2. The molecule has 0 saturated carbocycles. The molecule has 0 bridgehead atoms. The van der Waals surface area contributed by atoms with Gasteiger partial charge >= 0.3 is 12.1 Å². The highest BCUT2D eigenvalue weighted by Gasteiger charge is 2.33. The molecule has 9 nitrogen and oxygen atoms in total. The summed E-state index contributed by atoms with van der Waals surface area (Å²) in [6, 6.07) is 7.48. The first kappa shape index (κ1) is 24.4. The van der Waals surface area contributed by atoms with E-state index in [9.17, 15) is 14.0 Å². The molecule has 0 N–H and O–H groups in total. The van der Waals surface area contributed by atoms with Crippen LogP contribution in [0.25, 0.3) is 16.9 Å². The molecule has 10 heteroatoms. The zero-order valence-corrected chi connectivity index (χ0v) is 20.3. The van der Waals surface area contributed by atoms with Gasteiger partial charge in [0.2, 0.25) is 0 Å². The quantitative estimate of drug-likeness (QED) is 0.472. The van der Waals surface area contributed by atoms with E-state index in [0.717, 1.165) is 0 Å². The van der Waals surface area contributed by atoms with Crippen molar-refractivity contribution in [1.82, 2.24) is 19.8 Å². The van der Waals surface area contributed by atoms with Gasteiger partial charge in [-0.1, -0.05) is 5.16 Å². The minimum absolute atomic E-state index is 0.0411. The van der Waals surface area contributed by atoms with Gasteiger partial charge in [-0.05, 0) is 70.9 Å². The van der Waals surface area contributed by atoms with Crippen LogP contribution >= 0.6 is 0 Å². The third-order valence-electron chi connectivity index (χ3n) is 5.63. The molecule has 1 aliphatic rings. The number of ether oxygens (including phenoxy) is 2. The predicted molar refractivity (Wildman–Crippen MR) is 125 cm³/mol. The number of likely N-dealkylation sites (tertiary alicyclic amines) is 1. The summed E-state index contributed by atoms with van der Waals surface area (Å²) in [6.45, 7) is 8.47. The third kappa shape index (κ3) is 5.52. The van der Waals surface area contributed by atoms with Gasteiger partial charge in [0, 0.05) is 30.8 Å². The van der Waals surface area contributed by atoms with E-state index in [1.54, 1.807) is 36.2 Å². The monoisotopic (exact) mass is 484 g/mol. The maximum Gasteiger partial charge on any atom is 0.410 e. The van der Waals surface area contributed by atoms with Crippen molar-refractivity contribution in [2.24, 2.45) is 0 Å². The minimum Gasteiger partial charge on any atom is -0.461 e. The van der Waals surface area contributed by atoms with E-state index in [4.69, 9.17) is 14.0 Å². The lowest BCUT2D eigenvalue weighted by molar-refractivity contribution is 0.0199. The van der Waals surface area contributed by atoms with Gasteiger partial charge in [-0.3, -0.25) is 0 Å². The minimum atomic E-state index is -0.563. The molecule has 186 valence electrons. The van der Waals surface area contributed by atoms with Gasteiger partial charge in [0.1, 0.15) is 22.8 Å². The van der Waals surface area contributed by atoms with Crippen molar-refractivity contribution in [2.45, 2.75) is 52.1 Å². The SMILES string of the molecule is CCOC(=O)c1ccn(-c2c(-c3ccc(F)cc3)noc2C2CCN(C(=O)OC(C)(C)C)CC2)n1. The van der Waals surface area contributed by atoms with Gasteiger partial charge < -0.3 is 18.9 Å². The number of aromatic nitrogens is 3. The Labute approximate surface area is 202 Å². The smallest absolute Gasteiger partial charge is 0.410 e. The second-order valence-corrected chi connectivity index (χ2v) is 9.36. The number of carbonyl (C=O) groups is 2. The fourth-order valence-corrected chi connectivity index (χ4v) is 4.00. The topological polar surface area (TPSA) is 99.7 Å². The van der Waals surface area contributed by atoms with Crippen molar-refractivity contribution in [2.75, 3.05) is 19.7 Å². The fraction of sp³-hybridized carbons (Fsp3) is 0.440. The standard InChI is InChI=1S/C25H29FN4O5/c1-5-33-23(31)19-12-15-30(27-19)21-20(16-6-8-18(26)9-7-16)28-35-22(21)17-10-13-29(14-11-17)24(32)34-25(2,3)4/h6-9,12,15,17H,5,10-11,13-14H2,1-4H3. The second kappa shape index (κ2) is 9.89. The molecule has 4 rings (SSSR count). The van der Waals surface area contributed by atoms with Gasteiger partial charge in [-0.25, -0.2) is 18.7 Å². The Hall–Kier alpha value is -3.69. The molecular formula is C25H29FN4O5. The number of benzene rings is 1. The molecule has 35 heavy (non-hydrogen) atoms. The van der Waals surface area contributed by atoms with Crippen LogP contribution in [-0.4, -0.2) is 57.2 Å². The van der Waals surface area contributed by atoms with E-state index < -0.39 is 11.6 Å². The van der Waals surface area contributed by atoms with E-state index in [0.29, 0.717) is 48.6 Å². The van der Waals surface area contributed by atoms with Gasteiger partial charge in [0.15, 0.2) is 11.5 Å². The molecule has 0 unspecified atom stereocenters. The molecule has 1 amide bonds. The van der Waals surface area contributed by atoms with Crippen molar-refractivity contribution in [1.29, 1.82) is 0 Å². The number of piperidine rings is 1. The largest absolute Gasteiger partial charge is 0.461 e. The summed E-state index contributed by atoms with van der Waals surface area (Å²) in [6.07, 6.45) is 2.57. The molecular weight excluding hydrogens is 455 g/mol. The summed E-state index contributed by atoms with van der Waals surface area (Å²) in [4.78, 5) is 26.3. The molecule has 1 aliphatic heterocycles. The third-order valence-corrected chi connectivity index (χ3v) is 5.63. The Morgan fingerprint density at radius 3 is 2.46 bits per heavy atom. The van der Waals surface area contributed by atoms with Crippen LogP contribution in [0.15, 0.2) is 41.1 Å². The Morgan fingerprint density at radius 2 is 1.83 bits per heavy atom. The maximum atomic E-state index is 13.5. The van der Waals surface area contributed by atoms with E-state index in [-0.39, 0.29) is 30.1 Å². The van der Waals surface area contributed by atoms with Crippen molar-refractivity contribution in [3.63, 3.8) is 0 Å². The molecule has 0 radical (unpaired) electrons. The van der Waals surface area contributed by atoms with Crippen molar-refractivity contribution >= 4 is 12.1 Å². The van der Waals surface area contributed by atoms with Gasteiger partial charge in [0.05, 0.1) is 6.61 Å². The first-order valence-electron chi connectivity index (χ1n) is 11.6. The summed E-state index contributed by atoms with van der Waals surface area (Å²) in [5.41, 5.74) is 1.29. The van der Waals surface area contributed by atoms with Crippen LogP contribution in [0.3, 0.4) is 0 Å². The molecule has 0 spiro atoms. The number of hydrogen-bond acceptors (Lipinski definition) is 7. The first-order chi connectivity index (χ1) is 16.7. The van der Waals surface area contributed by atoms with Gasteiger partial charge in [-0.2, -0.15) is 5.10 Å². The second-order valence-electron chi connectivity index (χ2n) is 9.36. The van der Waals surface area contributed by atoms with Crippen LogP contribution in [0.1, 0.15) is 62.7 Å². The van der Waals surface area contributed by atoms with E-state index >= 15 is 0 Å². The van der Waals surface area contributed by atoms with Crippen LogP contribution in [-0.2, 0) is 9.47 Å². The molecule has 0 aliphatic carbocycles. The van der Waals surface area contributed by atoms with Crippen LogP contribution in [0.5, 0.6) is 0 Å². The molecule has 2 aromatic heterocycles. The average molecular weight is 485 g/mol. The van der Waals surface area contributed by atoms with Crippen LogP contribution in [0, 0.1) is 5.82 Å². The molecule has 0 atom stereocenters. The van der Waals surface area contributed by atoms with E-state index in [1.807, 2.05) is 20.8 Å². The highest BCUT2D eigenvalue weighted by Crippen LogP contribution is 2.37. The molecule has 3 heterocycles. The molecule has 3 aromatic rings. The Kier molecular flexibility index (Phi) is 6.90. The van der Waals surface area contributed by atoms with E-state index in [1.165, 1.54) is 16.8 Å². The lowest BCUT2D eigenvalue weighted by Crippen LogP contribution is -2.41. The molecule has 1 aromatic carbocycles. The summed E-state index contributed by atoms with van der Waals surface area (Å²) in [5.74, 6) is -0.345.